The summed E-state index contributed by atoms with van der Waals surface area (Å²) < 4.78 is 19.1. The number of carbonyl (C=O) groups is 2. The molecule has 2 saturated carbocycles. The molecule has 35 heavy (non-hydrogen) atoms. The van der Waals surface area contributed by atoms with Gasteiger partial charge in [-0.1, -0.05) is 37.5 Å². The van der Waals surface area contributed by atoms with Gasteiger partial charge in [0.25, 0.3) is 0 Å². The molecule has 2 aromatic rings. The first-order valence-corrected chi connectivity index (χ1v) is 12.7. The minimum Gasteiger partial charge on any atom is -0.492 e. The van der Waals surface area contributed by atoms with Crippen LogP contribution in [0.2, 0.25) is 0 Å². The molecule has 6 nitrogen and oxygen atoms in total. The van der Waals surface area contributed by atoms with E-state index in [1.807, 2.05) is 24.3 Å². The fourth-order valence-corrected chi connectivity index (χ4v) is 5.75. The number of amides is 2. The molecule has 0 spiro atoms. The third-order valence-corrected chi connectivity index (χ3v) is 7.95. The second kappa shape index (κ2) is 9.97. The fraction of sp³-hybridized carbons (Fsp3) is 0.500. The summed E-state index contributed by atoms with van der Waals surface area (Å²) in [6, 6.07) is 14.3. The van der Waals surface area contributed by atoms with Crippen molar-refractivity contribution in [3.8, 4) is 5.75 Å². The summed E-state index contributed by atoms with van der Waals surface area (Å²) in [6.45, 7) is 1.57. The molecule has 2 fully saturated rings. The van der Waals surface area contributed by atoms with Crippen LogP contribution in [-0.2, 0) is 9.59 Å². The molecule has 0 bridgehead atoms. The first-order valence-electron chi connectivity index (χ1n) is 12.7. The first-order chi connectivity index (χ1) is 17.0. The van der Waals surface area contributed by atoms with Crippen molar-refractivity contribution in [3.05, 3.63) is 59.9 Å². The van der Waals surface area contributed by atoms with Crippen LogP contribution in [0.4, 0.5) is 10.1 Å². The fourth-order valence-electron chi connectivity index (χ4n) is 5.75. The second-order valence-electron chi connectivity index (χ2n) is 10.2. The lowest BCUT2D eigenvalue weighted by Crippen LogP contribution is -2.49. The monoisotopic (exact) mass is 479 g/mol. The van der Waals surface area contributed by atoms with Gasteiger partial charge in [-0.05, 0) is 62.2 Å². The van der Waals surface area contributed by atoms with Crippen molar-refractivity contribution in [2.75, 3.05) is 38.2 Å². The molecule has 0 unspecified atom stereocenters. The van der Waals surface area contributed by atoms with Crippen LogP contribution in [0.3, 0.4) is 0 Å². The minimum absolute atomic E-state index is 0.00594. The predicted octanol–water partition coefficient (Wildman–Crippen LogP) is 4.11. The summed E-state index contributed by atoms with van der Waals surface area (Å²) in [5.74, 6) is 0.0563. The van der Waals surface area contributed by atoms with Crippen LogP contribution >= 0.6 is 0 Å². The molecular formula is C28H34FN3O3. The van der Waals surface area contributed by atoms with Crippen molar-refractivity contribution in [1.82, 2.24) is 10.2 Å². The van der Waals surface area contributed by atoms with Gasteiger partial charge in [0.05, 0.1) is 5.41 Å². The van der Waals surface area contributed by atoms with Gasteiger partial charge in [0.15, 0.2) is 0 Å². The number of benzene rings is 2. The second-order valence-corrected chi connectivity index (χ2v) is 10.2. The summed E-state index contributed by atoms with van der Waals surface area (Å²) in [4.78, 5) is 30.5. The molecule has 3 aliphatic rings. The van der Waals surface area contributed by atoms with Crippen molar-refractivity contribution < 1.29 is 18.7 Å². The highest BCUT2D eigenvalue weighted by atomic mass is 19.1. The number of ether oxygens (including phenoxy) is 1. The van der Waals surface area contributed by atoms with Crippen molar-refractivity contribution in [1.29, 1.82) is 0 Å². The number of fused-ring (bicyclic) bond motifs is 3. The van der Waals surface area contributed by atoms with Crippen LogP contribution in [0.1, 0.15) is 50.0 Å². The molecule has 0 aromatic heterocycles. The number of nitrogens with zero attached hydrogens (tertiary/aromatic N) is 2. The Morgan fingerprint density at radius 1 is 1.14 bits per heavy atom. The highest BCUT2D eigenvalue weighted by Gasteiger charge is 2.66. The minimum atomic E-state index is -0.676. The standard InChI is InChI=1S/C28H34FN3O3/c1-31(21-7-3-2-4-8-21)16-15-30-26(33)18-32-25-10-6-5-9-23(25)24-17-28(24,27(32)34)19-35-22-13-11-20(29)12-14-22/h5-6,9-14,21,24H,2-4,7-8,15-19H2,1H3,(H,30,33)/t24-,28+/m0/s1. The van der Waals surface area contributed by atoms with E-state index in [2.05, 4.69) is 17.3 Å². The molecule has 1 N–H and O–H groups in total. The number of hydrogen-bond donors (Lipinski definition) is 1. The average molecular weight is 480 g/mol. The van der Waals surface area contributed by atoms with Crippen LogP contribution in [0, 0.1) is 11.2 Å². The van der Waals surface area contributed by atoms with E-state index in [4.69, 9.17) is 4.74 Å². The van der Waals surface area contributed by atoms with E-state index in [1.54, 1.807) is 17.0 Å². The highest BCUT2D eigenvalue weighted by molar-refractivity contribution is 6.07. The zero-order valence-corrected chi connectivity index (χ0v) is 20.3. The van der Waals surface area contributed by atoms with E-state index in [-0.39, 0.29) is 36.7 Å². The number of para-hydroxylation sites is 1. The van der Waals surface area contributed by atoms with Crippen molar-refractivity contribution in [3.63, 3.8) is 0 Å². The third kappa shape index (κ3) is 4.92. The highest BCUT2D eigenvalue weighted by Crippen LogP contribution is 2.65. The van der Waals surface area contributed by atoms with Crippen molar-refractivity contribution in [2.24, 2.45) is 5.41 Å². The molecule has 2 atom stereocenters. The largest absolute Gasteiger partial charge is 0.492 e. The summed E-state index contributed by atoms with van der Waals surface area (Å²) in [5, 5.41) is 3.01. The van der Waals surface area contributed by atoms with Gasteiger partial charge in [0, 0.05) is 30.7 Å². The van der Waals surface area contributed by atoms with Crippen LogP contribution in [-0.4, -0.2) is 56.0 Å². The van der Waals surface area contributed by atoms with E-state index >= 15 is 0 Å². The van der Waals surface area contributed by atoms with E-state index in [0.717, 1.165) is 17.8 Å². The SMILES string of the molecule is CN(CCNC(=O)CN1C(=O)[C@@]2(COc3ccc(F)cc3)C[C@H]2c2ccccc21)C1CCCCC1. The molecular weight excluding hydrogens is 445 g/mol. The third-order valence-electron chi connectivity index (χ3n) is 7.95. The molecule has 7 heteroatoms. The molecule has 0 radical (unpaired) electrons. The lowest BCUT2D eigenvalue weighted by Gasteiger charge is -2.34. The summed E-state index contributed by atoms with van der Waals surface area (Å²) >= 11 is 0. The topological polar surface area (TPSA) is 61.9 Å². The molecule has 0 saturated heterocycles. The molecule has 186 valence electrons. The van der Waals surface area contributed by atoms with Crippen molar-refractivity contribution in [2.45, 2.75) is 50.5 Å². The smallest absolute Gasteiger partial charge is 0.240 e. The van der Waals surface area contributed by atoms with Gasteiger partial charge in [-0.2, -0.15) is 0 Å². The Labute approximate surface area is 206 Å². The Kier molecular flexibility index (Phi) is 6.78. The first kappa shape index (κ1) is 23.8. The van der Waals surface area contributed by atoms with Crippen LogP contribution in [0.15, 0.2) is 48.5 Å². The molecule has 5 rings (SSSR count). The number of likely N-dealkylation sites (N-methyl/N-ethyl adjacent to an activating group) is 1. The van der Waals surface area contributed by atoms with Gasteiger partial charge in [0.1, 0.15) is 24.7 Å². The van der Waals surface area contributed by atoms with Gasteiger partial charge in [-0.25, -0.2) is 4.39 Å². The Morgan fingerprint density at radius 3 is 2.66 bits per heavy atom. The van der Waals surface area contributed by atoms with E-state index < -0.39 is 5.41 Å². The van der Waals surface area contributed by atoms with Gasteiger partial charge in [-0.3, -0.25) is 9.59 Å². The Morgan fingerprint density at radius 2 is 1.89 bits per heavy atom. The number of hydrogen-bond acceptors (Lipinski definition) is 4. The maximum atomic E-state index is 13.6. The predicted molar refractivity (Wildman–Crippen MR) is 133 cm³/mol. The van der Waals surface area contributed by atoms with Crippen LogP contribution in [0.25, 0.3) is 0 Å². The van der Waals surface area contributed by atoms with Crippen LogP contribution < -0.4 is 15.0 Å². The molecule has 2 aromatic carbocycles. The summed E-state index contributed by atoms with van der Waals surface area (Å²) in [5.41, 5.74) is 1.22. The maximum absolute atomic E-state index is 13.6. The normalized spacial score (nSPS) is 23.6. The lowest BCUT2D eigenvalue weighted by molar-refractivity contribution is -0.128. The van der Waals surface area contributed by atoms with E-state index in [9.17, 15) is 14.0 Å². The summed E-state index contributed by atoms with van der Waals surface area (Å²) in [6.07, 6.45) is 7.04. The molecule has 1 aliphatic heterocycles. The molecule has 1 heterocycles. The summed E-state index contributed by atoms with van der Waals surface area (Å²) in [7, 11) is 2.13. The van der Waals surface area contributed by atoms with E-state index in [0.29, 0.717) is 24.8 Å². The van der Waals surface area contributed by atoms with Gasteiger partial charge in [0.2, 0.25) is 11.8 Å². The van der Waals surface area contributed by atoms with E-state index in [1.165, 1.54) is 44.2 Å². The molecule has 2 aliphatic carbocycles. The number of nitrogens with one attached hydrogen (secondary N) is 1. The van der Waals surface area contributed by atoms with Crippen LogP contribution in [0.5, 0.6) is 5.75 Å². The number of anilines is 1. The van der Waals surface area contributed by atoms with Gasteiger partial charge in [-0.15, -0.1) is 0 Å². The Bertz CT molecular complexity index is 1070. The maximum Gasteiger partial charge on any atom is 0.240 e. The number of rotatable bonds is 9. The Balaban J connectivity index is 1.22. The molecule has 2 amide bonds. The number of halogens is 1. The zero-order chi connectivity index (χ0) is 24.4. The lowest BCUT2D eigenvalue weighted by atomic mass is 9.92. The zero-order valence-electron chi connectivity index (χ0n) is 20.3. The quantitative estimate of drug-likeness (QED) is 0.588. The van der Waals surface area contributed by atoms with Gasteiger partial charge < -0.3 is 19.9 Å². The van der Waals surface area contributed by atoms with Gasteiger partial charge >= 0.3 is 0 Å². The van der Waals surface area contributed by atoms with Crippen molar-refractivity contribution >= 4 is 17.5 Å². The average Bonchev–Trinajstić information content (AvgIpc) is 3.63. The number of carbonyl (C=O) groups excluding carboxylic acids is 2. The Hall–Kier alpha value is -2.93.